The predicted molar refractivity (Wildman–Crippen MR) is 73.9 cm³/mol. The monoisotopic (exact) mass is 429 g/mol. The molecule has 7 atom stereocenters. The molecule has 0 spiro atoms. The number of terminal acetylenes is 1. The molecule has 0 aromatic rings. The molecule has 18 heteroatoms. The van der Waals surface area contributed by atoms with Crippen molar-refractivity contribution in [1.29, 1.82) is 0 Å². The highest BCUT2D eigenvalue weighted by molar-refractivity contribution is 7.66. The Kier molecular flexibility index (Phi) is 7.88. The molecule has 15 nitrogen and oxygen atoms in total. The van der Waals surface area contributed by atoms with E-state index in [1.54, 1.807) is 0 Å². The first-order valence-electron chi connectivity index (χ1n) is 5.89. The van der Waals surface area contributed by atoms with Crippen LogP contribution in [-0.2, 0) is 41.0 Å². The van der Waals surface area contributed by atoms with E-state index in [0.29, 0.717) is 0 Å². The van der Waals surface area contributed by atoms with Crippen LogP contribution >= 0.6 is 23.5 Å². The van der Waals surface area contributed by atoms with Gasteiger partial charge < -0.3 is 35.0 Å². The summed E-state index contributed by atoms with van der Waals surface area (Å²) in [5, 5.41) is 17.7. The first-order valence-corrected chi connectivity index (χ1v) is 10.4. The number of nitrogens with two attached hydrogens (primary N) is 1. The largest absolute Gasteiger partial charge is 0.508 e. The van der Waals surface area contributed by atoms with E-state index in [0.717, 1.165) is 0 Å². The Morgan fingerprint density at radius 2 is 1.68 bits per heavy atom. The molecule has 0 aromatic carbocycles. The SMILES string of the molecule is C#CCOC1C(O)[C@H](N)O[C@H]1OP(=O)(O)OP(=O)(O)OP(=O)(O)OO. The van der Waals surface area contributed by atoms with Crippen molar-refractivity contribution in [2.75, 3.05) is 6.61 Å². The van der Waals surface area contributed by atoms with Crippen molar-refractivity contribution < 1.29 is 66.0 Å². The minimum Gasteiger partial charge on any atom is -0.386 e. The van der Waals surface area contributed by atoms with Gasteiger partial charge in [-0.1, -0.05) is 5.92 Å². The zero-order valence-corrected chi connectivity index (χ0v) is 14.6. The average Bonchev–Trinajstić information content (AvgIpc) is 2.68. The molecule has 1 aliphatic rings. The lowest BCUT2D eigenvalue weighted by Gasteiger charge is -2.22. The van der Waals surface area contributed by atoms with Crippen LogP contribution in [0, 0.1) is 12.3 Å². The Morgan fingerprint density at radius 3 is 2.20 bits per heavy atom. The highest BCUT2D eigenvalue weighted by Crippen LogP contribution is 2.67. The van der Waals surface area contributed by atoms with Crippen LogP contribution in [0.5, 0.6) is 0 Å². The van der Waals surface area contributed by atoms with Crippen LogP contribution in [0.2, 0.25) is 0 Å². The summed E-state index contributed by atoms with van der Waals surface area (Å²) in [7, 11) is -16.7. The van der Waals surface area contributed by atoms with E-state index in [1.165, 1.54) is 0 Å². The molecule has 0 aliphatic carbocycles. The van der Waals surface area contributed by atoms with Crippen LogP contribution in [0.3, 0.4) is 0 Å². The van der Waals surface area contributed by atoms with Gasteiger partial charge in [0, 0.05) is 0 Å². The molecule has 1 fully saturated rings. The second-order valence-electron chi connectivity index (χ2n) is 4.20. The van der Waals surface area contributed by atoms with E-state index in [9.17, 15) is 23.7 Å². The highest BCUT2D eigenvalue weighted by Gasteiger charge is 2.49. The van der Waals surface area contributed by atoms with Crippen LogP contribution in [0.4, 0.5) is 0 Å². The number of hydrogen-bond acceptors (Lipinski definition) is 12. The number of phosphoric ester groups is 1. The van der Waals surface area contributed by atoms with E-state index in [2.05, 4.69) is 17.8 Å². The van der Waals surface area contributed by atoms with Gasteiger partial charge in [0.15, 0.2) is 6.29 Å². The van der Waals surface area contributed by atoms with Crippen LogP contribution in [0.15, 0.2) is 0 Å². The zero-order valence-electron chi connectivity index (χ0n) is 11.9. The summed E-state index contributed by atoms with van der Waals surface area (Å²) in [6, 6.07) is 0. The fourth-order valence-corrected chi connectivity index (χ4v) is 4.69. The Balaban J connectivity index is 2.82. The van der Waals surface area contributed by atoms with Gasteiger partial charge in [-0.05, 0) is 0 Å². The Hall–Kier alpha value is -0.230. The van der Waals surface area contributed by atoms with Gasteiger partial charge >= 0.3 is 23.5 Å². The summed E-state index contributed by atoms with van der Waals surface area (Å²) in [4.78, 5) is 27.2. The molecule has 0 saturated carbocycles. The molecular weight excluding hydrogens is 415 g/mol. The summed E-state index contributed by atoms with van der Waals surface area (Å²) >= 11 is 0. The van der Waals surface area contributed by atoms with Crippen molar-refractivity contribution in [3.63, 3.8) is 0 Å². The molecule has 1 saturated heterocycles. The summed E-state index contributed by atoms with van der Waals surface area (Å²) in [6.45, 7) is -0.378. The number of phosphoric acid groups is 3. The van der Waals surface area contributed by atoms with E-state index >= 15 is 0 Å². The smallest absolute Gasteiger partial charge is 0.386 e. The molecule has 25 heavy (non-hydrogen) atoms. The number of hydrogen-bond donors (Lipinski definition) is 6. The van der Waals surface area contributed by atoms with Crippen LogP contribution in [0.25, 0.3) is 0 Å². The molecule has 1 heterocycles. The number of ether oxygens (including phenoxy) is 2. The second kappa shape index (κ2) is 8.64. The van der Waals surface area contributed by atoms with E-state index < -0.39 is 48.2 Å². The molecule has 7 N–H and O–H groups in total. The van der Waals surface area contributed by atoms with Gasteiger partial charge in [-0.2, -0.15) is 8.62 Å². The molecule has 0 radical (unpaired) electrons. The minimum atomic E-state index is -5.74. The molecule has 0 bridgehead atoms. The van der Waals surface area contributed by atoms with E-state index in [4.69, 9.17) is 36.7 Å². The third-order valence-corrected chi connectivity index (χ3v) is 6.33. The molecule has 146 valence electrons. The maximum Gasteiger partial charge on any atom is 0.508 e. The van der Waals surface area contributed by atoms with Crippen molar-refractivity contribution in [2.24, 2.45) is 5.73 Å². The molecular formula is C7H14NO14P3. The Labute approximate surface area is 139 Å². The summed E-state index contributed by atoms with van der Waals surface area (Å²) in [5.41, 5.74) is 5.34. The van der Waals surface area contributed by atoms with Gasteiger partial charge in [0.05, 0.1) is 0 Å². The van der Waals surface area contributed by atoms with Crippen LogP contribution < -0.4 is 5.73 Å². The maximum absolute atomic E-state index is 11.7. The van der Waals surface area contributed by atoms with Crippen molar-refractivity contribution in [2.45, 2.75) is 24.7 Å². The van der Waals surface area contributed by atoms with Gasteiger partial charge in [-0.3, -0.25) is 4.52 Å². The average molecular weight is 429 g/mol. The summed E-state index contributed by atoms with van der Waals surface area (Å²) in [5.74, 6) is 2.03. The number of rotatable bonds is 9. The van der Waals surface area contributed by atoms with Gasteiger partial charge in [-0.25, -0.2) is 19.0 Å². The molecule has 1 rings (SSSR count). The van der Waals surface area contributed by atoms with Crippen molar-refractivity contribution in [3.8, 4) is 12.3 Å². The first kappa shape index (κ1) is 22.8. The van der Waals surface area contributed by atoms with E-state index in [-0.39, 0.29) is 6.61 Å². The molecule has 0 aromatic heterocycles. The lowest BCUT2D eigenvalue weighted by Crippen LogP contribution is -2.39. The van der Waals surface area contributed by atoms with Crippen molar-refractivity contribution >= 4 is 23.5 Å². The van der Waals surface area contributed by atoms with Gasteiger partial charge in [0.2, 0.25) is 0 Å². The Bertz CT molecular complexity index is 647. The van der Waals surface area contributed by atoms with Crippen LogP contribution in [0.1, 0.15) is 0 Å². The normalized spacial score (nSPS) is 33.8. The standard InChI is InChI=1S/C7H14NO14P3/c1-2-3-17-5-4(9)6(8)18-7(5)19-23(11,12)21-25(15,16)22-24(13,14)20-10/h1,4-7,9-10H,3,8H2,(H,11,12)(H,13,14)(H,15,16)/t4?,5?,6-,7+/m1/s1. The number of aliphatic hydroxyl groups is 1. The molecule has 1 aliphatic heterocycles. The summed E-state index contributed by atoms with van der Waals surface area (Å²) < 4.78 is 58.0. The van der Waals surface area contributed by atoms with Gasteiger partial charge in [0.25, 0.3) is 0 Å². The quantitative estimate of drug-likeness (QED) is 0.110. The fraction of sp³-hybridized carbons (Fsp3) is 0.714. The summed E-state index contributed by atoms with van der Waals surface area (Å²) in [6.07, 6.45) is -1.37. The maximum atomic E-state index is 11.7. The topological polar surface area (TPSA) is 234 Å². The van der Waals surface area contributed by atoms with E-state index in [1.807, 2.05) is 5.92 Å². The van der Waals surface area contributed by atoms with Crippen LogP contribution in [-0.4, -0.2) is 56.4 Å². The van der Waals surface area contributed by atoms with Gasteiger partial charge in [-0.15, -0.1) is 11.1 Å². The Morgan fingerprint density at radius 1 is 1.12 bits per heavy atom. The molecule has 0 amide bonds. The lowest BCUT2D eigenvalue weighted by atomic mass is 10.2. The van der Waals surface area contributed by atoms with Crippen molar-refractivity contribution in [1.82, 2.24) is 0 Å². The van der Waals surface area contributed by atoms with Crippen molar-refractivity contribution in [3.05, 3.63) is 0 Å². The number of aliphatic hydroxyl groups excluding tert-OH is 1. The lowest BCUT2D eigenvalue weighted by molar-refractivity contribution is -0.157. The third kappa shape index (κ3) is 7.12. The van der Waals surface area contributed by atoms with Gasteiger partial charge in [0.1, 0.15) is 25.0 Å². The fourth-order valence-electron chi connectivity index (χ4n) is 1.51. The first-order chi connectivity index (χ1) is 11.3. The molecule has 5 unspecified atom stereocenters. The highest BCUT2D eigenvalue weighted by atomic mass is 31.3. The zero-order chi connectivity index (χ0) is 19.5. The second-order valence-corrected chi connectivity index (χ2v) is 8.69. The minimum absolute atomic E-state index is 0.378. The predicted octanol–water partition coefficient (Wildman–Crippen LogP) is -1.15. The third-order valence-electron chi connectivity index (χ3n) is 2.34.